The van der Waals surface area contributed by atoms with E-state index in [-0.39, 0.29) is 5.78 Å². The van der Waals surface area contributed by atoms with Crippen molar-refractivity contribution in [1.82, 2.24) is 4.98 Å². The molecule has 2 N–H and O–H groups in total. The summed E-state index contributed by atoms with van der Waals surface area (Å²) in [6.07, 6.45) is 0. The highest BCUT2D eigenvalue weighted by molar-refractivity contribution is 7.11. The number of hydrogen-bond acceptors (Lipinski definition) is 4. The van der Waals surface area contributed by atoms with Gasteiger partial charge in [0, 0.05) is 11.1 Å². The number of nitrogens with two attached hydrogens (primary N) is 1. The van der Waals surface area contributed by atoms with E-state index in [1.165, 1.54) is 11.3 Å². The van der Waals surface area contributed by atoms with Gasteiger partial charge in [0.15, 0.2) is 5.01 Å². The second kappa shape index (κ2) is 3.11. The summed E-state index contributed by atoms with van der Waals surface area (Å²) in [5, 5.41) is 2.35. The Bertz CT molecular complexity index is 267. The predicted molar refractivity (Wildman–Crippen MR) is 44.8 cm³/mol. The normalized spacial score (nSPS) is 13.0. The Morgan fingerprint density at radius 2 is 2.45 bits per heavy atom. The fourth-order valence-electron chi connectivity index (χ4n) is 0.662. The Balaban J connectivity index is 2.85. The minimum atomic E-state index is -0.444. The molecule has 0 aliphatic carbocycles. The monoisotopic (exact) mass is 170 g/mol. The summed E-state index contributed by atoms with van der Waals surface area (Å²) in [5.41, 5.74) is 6.27. The van der Waals surface area contributed by atoms with Crippen molar-refractivity contribution in [3.05, 3.63) is 16.1 Å². The zero-order valence-corrected chi connectivity index (χ0v) is 7.31. The van der Waals surface area contributed by atoms with Gasteiger partial charge in [-0.05, 0) is 13.8 Å². The molecule has 0 saturated heterocycles. The number of thiazole rings is 1. The lowest BCUT2D eigenvalue weighted by molar-refractivity contribution is 0.0967. The lowest BCUT2D eigenvalue weighted by Gasteiger charge is -1.97. The van der Waals surface area contributed by atoms with Crippen molar-refractivity contribution in [2.45, 2.75) is 19.9 Å². The van der Waals surface area contributed by atoms with Crippen LogP contribution in [0.4, 0.5) is 0 Å². The first-order chi connectivity index (χ1) is 5.11. The quantitative estimate of drug-likeness (QED) is 0.673. The van der Waals surface area contributed by atoms with E-state index in [1.54, 1.807) is 6.92 Å². The number of aromatic nitrogens is 1. The zero-order chi connectivity index (χ0) is 8.43. The molecule has 1 heterocycles. The topological polar surface area (TPSA) is 56.0 Å². The maximum absolute atomic E-state index is 11.2. The molecule has 0 aromatic carbocycles. The van der Waals surface area contributed by atoms with Gasteiger partial charge >= 0.3 is 0 Å². The van der Waals surface area contributed by atoms with Gasteiger partial charge in [-0.3, -0.25) is 4.79 Å². The van der Waals surface area contributed by atoms with Gasteiger partial charge in [0.25, 0.3) is 0 Å². The van der Waals surface area contributed by atoms with Crippen LogP contribution >= 0.6 is 11.3 Å². The van der Waals surface area contributed by atoms with Gasteiger partial charge in [0.1, 0.15) is 0 Å². The summed E-state index contributed by atoms with van der Waals surface area (Å²) in [6, 6.07) is -0.444. The third-order valence-corrected chi connectivity index (χ3v) is 2.22. The molecule has 0 spiro atoms. The molecule has 4 heteroatoms. The van der Waals surface area contributed by atoms with Crippen molar-refractivity contribution >= 4 is 17.1 Å². The SMILES string of the molecule is Cc1csc(C(=O)C(C)N)n1. The molecule has 1 unspecified atom stereocenters. The second-order valence-corrected chi connectivity index (χ2v) is 3.31. The van der Waals surface area contributed by atoms with Crippen molar-refractivity contribution in [3.8, 4) is 0 Å². The number of carbonyl (C=O) groups is 1. The van der Waals surface area contributed by atoms with Crippen LogP contribution in [-0.4, -0.2) is 16.8 Å². The first-order valence-corrected chi connectivity index (χ1v) is 4.21. The minimum Gasteiger partial charge on any atom is -0.321 e. The van der Waals surface area contributed by atoms with E-state index in [9.17, 15) is 4.79 Å². The van der Waals surface area contributed by atoms with Crippen molar-refractivity contribution in [1.29, 1.82) is 0 Å². The van der Waals surface area contributed by atoms with Crippen LogP contribution in [0.3, 0.4) is 0 Å². The van der Waals surface area contributed by atoms with Gasteiger partial charge < -0.3 is 5.73 Å². The Morgan fingerprint density at radius 1 is 1.82 bits per heavy atom. The summed E-state index contributed by atoms with van der Waals surface area (Å²) >= 11 is 1.35. The minimum absolute atomic E-state index is 0.0805. The van der Waals surface area contributed by atoms with Crippen molar-refractivity contribution < 1.29 is 4.79 Å². The summed E-state index contributed by atoms with van der Waals surface area (Å²) < 4.78 is 0. The van der Waals surface area contributed by atoms with E-state index in [2.05, 4.69) is 4.98 Å². The fraction of sp³-hybridized carbons (Fsp3) is 0.429. The number of nitrogens with zero attached hydrogens (tertiary/aromatic N) is 1. The van der Waals surface area contributed by atoms with Crippen LogP contribution < -0.4 is 5.73 Å². The first-order valence-electron chi connectivity index (χ1n) is 3.33. The van der Waals surface area contributed by atoms with Crippen LogP contribution in [-0.2, 0) is 0 Å². The molecule has 0 amide bonds. The lowest BCUT2D eigenvalue weighted by Crippen LogP contribution is -2.26. The van der Waals surface area contributed by atoms with E-state index < -0.39 is 6.04 Å². The number of carbonyl (C=O) groups excluding carboxylic acids is 1. The van der Waals surface area contributed by atoms with Gasteiger partial charge in [-0.2, -0.15) is 0 Å². The Hall–Kier alpha value is -0.740. The number of Topliss-reactive ketones (excluding diaryl/α,β-unsaturated/α-hetero) is 1. The number of rotatable bonds is 2. The lowest BCUT2D eigenvalue weighted by atomic mass is 10.2. The van der Waals surface area contributed by atoms with Crippen LogP contribution in [0, 0.1) is 6.92 Å². The summed E-state index contributed by atoms with van der Waals surface area (Å²) in [7, 11) is 0. The van der Waals surface area contributed by atoms with Crippen molar-refractivity contribution in [3.63, 3.8) is 0 Å². The molecule has 1 rings (SSSR count). The molecule has 0 saturated carbocycles. The number of aryl methyl sites for hydroxylation is 1. The number of hydrogen-bond donors (Lipinski definition) is 1. The Morgan fingerprint density at radius 3 is 2.82 bits per heavy atom. The molecule has 1 aromatic rings. The van der Waals surface area contributed by atoms with Crippen LogP contribution in [0.2, 0.25) is 0 Å². The van der Waals surface area contributed by atoms with Crippen LogP contribution in [0.5, 0.6) is 0 Å². The first kappa shape index (κ1) is 8.36. The highest BCUT2D eigenvalue weighted by Crippen LogP contribution is 2.10. The molecule has 60 valence electrons. The van der Waals surface area contributed by atoms with E-state index in [4.69, 9.17) is 5.73 Å². The molecular formula is C7H10N2OS. The summed E-state index contributed by atoms with van der Waals surface area (Å²) in [4.78, 5) is 15.2. The molecule has 1 aromatic heterocycles. The molecule has 0 aliphatic rings. The molecular weight excluding hydrogens is 160 g/mol. The molecule has 0 aliphatic heterocycles. The standard InChI is InChI=1S/C7H10N2OS/c1-4-3-11-7(9-4)6(10)5(2)8/h3,5H,8H2,1-2H3. The highest BCUT2D eigenvalue weighted by Gasteiger charge is 2.13. The van der Waals surface area contributed by atoms with Crippen molar-refractivity contribution in [2.75, 3.05) is 0 Å². The van der Waals surface area contributed by atoms with E-state index in [1.807, 2.05) is 12.3 Å². The third-order valence-electron chi connectivity index (χ3n) is 1.24. The van der Waals surface area contributed by atoms with Gasteiger partial charge in [0.2, 0.25) is 5.78 Å². The summed E-state index contributed by atoms with van der Waals surface area (Å²) in [5.74, 6) is -0.0805. The smallest absolute Gasteiger partial charge is 0.207 e. The van der Waals surface area contributed by atoms with E-state index >= 15 is 0 Å². The largest absolute Gasteiger partial charge is 0.321 e. The molecule has 0 bridgehead atoms. The van der Waals surface area contributed by atoms with E-state index in [0.717, 1.165) is 5.69 Å². The van der Waals surface area contributed by atoms with Gasteiger partial charge in [-0.15, -0.1) is 11.3 Å². The molecule has 0 radical (unpaired) electrons. The average Bonchev–Trinajstić information content (AvgIpc) is 2.34. The Labute approximate surface area is 69.3 Å². The molecule has 0 fully saturated rings. The van der Waals surface area contributed by atoms with Crippen LogP contribution in [0.25, 0.3) is 0 Å². The van der Waals surface area contributed by atoms with E-state index in [0.29, 0.717) is 5.01 Å². The van der Waals surface area contributed by atoms with Gasteiger partial charge in [-0.25, -0.2) is 4.98 Å². The van der Waals surface area contributed by atoms with Crippen LogP contribution in [0.1, 0.15) is 22.4 Å². The maximum Gasteiger partial charge on any atom is 0.207 e. The van der Waals surface area contributed by atoms with Crippen molar-refractivity contribution in [2.24, 2.45) is 5.73 Å². The number of ketones is 1. The summed E-state index contributed by atoms with van der Waals surface area (Å²) in [6.45, 7) is 3.52. The molecule has 11 heavy (non-hydrogen) atoms. The molecule has 1 atom stereocenters. The second-order valence-electron chi connectivity index (χ2n) is 2.45. The van der Waals surface area contributed by atoms with Gasteiger partial charge in [0.05, 0.1) is 6.04 Å². The zero-order valence-electron chi connectivity index (χ0n) is 6.50. The third kappa shape index (κ3) is 1.85. The predicted octanol–water partition coefficient (Wildman–Crippen LogP) is 0.981. The van der Waals surface area contributed by atoms with Crippen LogP contribution in [0.15, 0.2) is 5.38 Å². The highest BCUT2D eigenvalue weighted by atomic mass is 32.1. The average molecular weight is 170 g/mol. The van der Waals surface area contributed by atoms with Gasteiger partial charge in [-0.1, -0.05) is 0 Å². The fourth-order valence-corrected chi connectivity index (χ4v) is 1.50. The molecule has 3 nitrogen and oxygen atoms in total. The Kier molecular flexibility index (Phi) is 2.36. The maximum atomic E-state index is 11.2.